The molecule has 0 fully saturated rings. The molecule has 0 spiro atoms. The number of aryl methyl sites for hydroxylation is 1. The zero-order chi connectivity index (χ0) is 24.8. The van der Waals surface area contributed by atoms with E-state index in [1.807, 2.05) is 23.7 Å². The molecule has 4 aromatic rings. The maximum absolute atomic E-state index is 13.0. The van der Waals surface area contributed by atoms with Gasteiger partial charge < -0.3 is 9.30 Å². The Kier molecular flexibility index (Phi) is 2.74. The topological polar surface area (TPSA) is 69.9 Å². The van der Waals surface area contributed by atoms with Crippen molar-refractivity contribution in [3.8, 4) is 17.1 Å². The third-order valence-electron chi connectivity index (χ3n) is 4.03. The van der Waals surface area contributed by atoms with Gasteiger partial charge in [-0.1, -0.05) is 0 Å². The molecule has 134 valence electrons. The van der Waals surface area contributed by atoms with Crippen LogP contribution in [-0.2, 0) is 13.5 Å². The number of methoxy groups -OCH3 is 1. The summed E-state index contributed by atoms with van der Waals surface area (Å²) in [5.74, 6) is -1.44. The summed E-state index contributed by atoms with van der Waals surface area (Å²) in [7, 11) is -1.12. The maximum atomic E-state index is 13.0. The summed E-state index contributed by atoms with van der Waals surface area (Å²) in [6.07, 6.45) is 4.59. The van der Waals surface area contributed by atoms with Crippen LogP contribution in [0.5, 0.6) is 5.75 Å². The molecule has 0 unspecified atom stereocenters. The largest absolute Gasteiger partial charge is 0.497 e. The van der Waals surface area contributed by atoms with Gasteiger partial charge in [-0.15, -0.1) is 0 Å². The lowest BCUT2D eigenvalue weighted by Crippen LogP contribution is -2.05. The highest BCUT2D eigenvalue weighted by Crippen LogP contribution is 2.21. The lowest BCUT2D eigenvalue weighted by atomic mass is 10.1. The molecule has 0 radical (unpaired) electrons. The van der Waals surface area contributed by atoms with Gasteiger partial charge in [0.15, 0.2) is 5.78 Å². The van der Waals surface area contributed by atoms with Gasteiger partial charge in [-0.05, 0) is 42.4 Å². The fourth-order valence-electron chi connectivity index (χ4n) is 2.65. The summed E-state index contributed by atoms with van der Waals surface area (Å²) < 4.78 is 60.2. The van der Waals surface area contributed by atoms with Crippen LogP contribution in [0.4, 0.5) is 0 Å². The van der Waals surface area contributed by atoms with Crippen molar-refractivity contribution in [1.29, 1.82) is 0 Å². The number of fused-ring (bicyclic) bond motifs is 1. The van der Waals surface area contributed by atoms with Gasteiger partial charge in [0.1, 0.15) is 5.75 Å². The summed E-state index contributed by atoms with van der Waals surface area (Å²) in [6, 6.07) is 2.46. The molecular weight excluding hydrogens is 340 g/mol. The maximum Gasteiger partial charge on any atom is 0.168 e. The summed E-state index contributed by atoms with van der Waals surface area (Å²) in [5, 5.41) is 0.748. The minimum absolute atomic E-state index is 0.302. The number of nitrogens with zero attached hydrogens (tertiary/aromatic N) is 4. The van der Waals surface area contributed by atoms with E-state index in [4.69, 9.17) is 9.60 Å². The molecule has 3 aromatic heterocycles. The lowest BCUT2D eigenvalue weighted by molar-refractivity contribution is 0.0992. The Morgan fingerprint density at radius 2 is 2.11 bits per heavy atom. The summed E-state index contributed by atoms with van der Waals surface area (Å²) >= 11 is 0. The molecule has 1 aromatic carbocycles. The molecular formula is C21H18N4O2. The van der Waals surface area contributed by atoms with Crippen molar-refractivity contribution >= 4 is 16.7 Å². The van der Waals surface area contributed by atoms with Crippen LogP contribution in [0, 0.1) is 0 Å². The third kappa shape index (κ3) is 3.42. The molecule has 0 aliphatic rings. The Balaban J connectivity index is 1.68. The van der Waals surface area contributed by atoms with Gasteiger partial charge >= 0.3 is 0 Å². The fraction of sp³-hybridized carbons (Fsp3) is 0.143. The van der Waals surface area contributed by atoms with E-state index in [-0.39, 0.29) is 6.42 Å². The van der Waals surface area contributed by atoms with Crippen molar-refractivity contribution in [2.75, 3.05) is 7.04 Å². The van der Waals surface area contributed by atoms with Crippen LogP contribution < -0.4 is 4.74 Å². The highest BCUT2D eigenvalue weighted by Gasteiger charge is 2.11. The third-order valence-corrected chi connectivity index (χ3v) is 4.03. The molecule has 0 bridgehead atoms. The number of carbonyl (C=O) groups excluding carboxylic acids is 1. The number of ether oxygens (including phenoxy) is 1. The molecule has 6 heteroatoms. The van der Waals surface area contributed by atoms with Crippen LogP contribution in [0.3, 0.4) is 0 Å². The van der Waals surface area contributed by atoms with E-state index >= 15 is 0 Å². The smallest absolute Gasteiger partial charge is 0.168 e. The molecule has 0 atom stereocenters. The highest BCUT2D eigenvalue weighted by atomic mass is 16.5. The number of Topliss-reactive ketones (excluding diaryl/α,β-unsaturated/α-hetero) is 1. The van der Waals surface area contributed by atoms with Gasteiger partial charge in [0.2, 0.25) is 0 Å². The van der Waals surface area contributed by atoms with Gasteiger partial charge in [-0.25, -0.2) is 9.97 Å². The van der Waals surface area contributed by atoms with Gasteiger partial charge in [0.25, 0.3) is 0 Å². The Labute approximate surface area is 166 Å². The first-order valence-electron chi connectivity index (χ1n) is 11.5. The Morgan fingerprint density at radius 1 is 1.26 bits per heavy atom. The van der Waals surface area contributed by atoms with E-state index in [0.29, 0.717) is 16.9 Å². The summed E-state index contributed by atoms with van der Waals surface area (Å²) in [6.45, 7) is 0. The monoisotopic (exact) mass is 365 g/mol. The number of imidazole rings is 1. The zero-order valence-electron chi connectivity index (χ0n) is 21.3. The number of rotatable bonds is 5. The van der Waals surface area contributed by atoms with E-state index in [0.717, 1.165) is 11.1 Å². The predicted molar refractivity (Wildman–Crippen MR) is 103 cm³/mol. The molecule has 0 aliphatic heterocycles. The first kappa shape index (κ1) is 10.6. The van der Waals surface area contributed by atoms with Crippen molar-refractivity contribution in [3.63, 3.8) is 0 Å². The van der Waals surface area contributed by atoms with Gasteiger partial charge in [0.05, 0.1) is 58.2 Å². The standard InChI is InChI=1S/C21H18N4O2/c1-25-13-22-12-20(25)18-8-5-15-11-23-16(9-19(15)24-18)10-21(26)14-3-6-17(27-2)7-4-14/h3-9,11-13H,10H2,1-2H3/i2D3,3D,4D,6D,7D. The number of pyridine rings is 2. The average Bonchev–Trinajstić information content (AvgIpc) is 3.20. The Morgan fingerprint density at radius 3 is 2.85 bits per heavy atom. The van der Waals surface area contributed by atoms with E-state index in [1.165, 1.54) is 0 Å². The number of ketones is 1. The number of hydrogen-bond donors (Lipinski definition) is 0. The molecule has 0 amide bonds. The van der Waals surface area contributed by atoms with E-state index in [9.17, 15) is 4.79 Å². The van der Waals surface area contributed by atoms with Crippen LogP contribution >= 0.6 is 0 Å². The second-order valence-electron chi connectivity index (χ2n) is 5.86. The minimum Gasteiger partial charge on any atom is -0.497 e. The molecule has 27 heavy (non-hydrogen) atoms. The number of hydrogen-bond acceptors (Lipinski definition) is 5. The average molecular weight is 365 g/mol. The van der Waals surface area contributed by atoms with E-state index in [2.05, 4.69) is 19.7 Å². The normalized spacial score (nSPS) is 15.1. The second-order valence-corrected chi connectivity index (χ2v) is 5.86. The van der Waals surface area contributed by atoms with Crippen molar-refractivity contribution < 1.29 is 19.1 Å². The summed E-state index contributed by atoms with van der Waals surface area (Å²) in [5.41, 5.74) is 1.93. The molecule has 4 rings (SSSR count). The first-order valence-corrected chi connectivity index (χ1v) is 8.01. The van der Waals surface area contributed by atoms with E-state index < -0.39 is 48.3 Å². The van der Waals surface area contributed by atoms with Gasteiger partial charge in [0, 0.05) is 24.2 Å². The van der Waals surface area contributed by atoms with Crippen LogP contribution in [0.25, 0.3) is 22.3 Å². The van der Waals surface area contributed by atoms with Crippen molar-refractivity contribution in [1.82, 2.24) is 19.5 Å². The number of aromatic nitrogens is 4. The molecule has 3 heterocycles. The summed E-state index contributed by atoms with van der Waals surface area (Å²) in [4.78, 5) is 25.9. The quantitative estimate of drug-likeness (QED) is 0.507. The Hall–Kier alpha value is -3.54. The van der Waals surface area contributed by atoms with Gasteiger partial charge in [-0.3, -0.25) is 9.78 Å². The lowest BCUT2D eigenvalue weighted by Gasteiger charge is -2.06. The predicted octanol–water partition coefficient (Wildman–Crippen LogP) is 3.46. The van der Waals surface area contributed by atoms with Crippen LogP contribution in [0.2, 0.25) is 0 Å². The Bertz CT molecular complexity index is 1400. The minimum atomic E-state index is -2.97. The van der Waals surface area contributed by atoms with Gasteiger partial charge in [-0.2, -0.15) is 0 Å². The van der Waals surface area contributed by atoms with Crippen molar-refractivity contribution in [3.05, 3.63) is 72.3 Å². The first-order chi connectivity index (χ1) is 16.0. The SMILES string of the molecule is [2H]c1c([2H])c(C(=O)Cc2cc3nc(-c4cncn4C)ccc3cn2)c([2H])c([2H])c1OC([2H])([2H])[2H]. The van der Waals surface area contributed by atoms with E-state index in [1.54, 1.807) is 24.8 Å². The van der Waals surface area contributed by atoms with Crippen molar-refractivity contribution in [2.45, 2.75) is 6.42 Å². The zero-order valence-corrected chi connectivity index (χ0v) is 14.3. The number of benzene rings is 1. The van der Waals surface area contributed by atoms with Crippen LogP contribution in [0.15, 0.2) is 61.1 Å². The molecule has 0 N–H and O–H groups in total. The van der Waals surface area contributed by atoms with Crippen LogP contribution in [0.1, 0.15) is 25.6 Å². The highest BCUT2D eigenvalue weighted by molar-refractivity contribution is 5.97. The fourth-order valence-corrected chi connectivity index (χ4v) is 2.65. The molecule has 0 aliphatic carbocycles. The second kappa shape index (κ2) is 6.99. The van der Waals surface area contributed by atoms with Crippen molar-refractivity contribution in [2.24, 2.45) is 7.05 Å². The van der Waals surface area contributed by atoms with Crippen LogP contribution in [-0.4, -0.2) is 32.3 Å². The molecule has 0 saturated heterocycles. The molecule has 6 nitrogen and oxygen atoms in total. The molecule has 0 saturated carbocycles. The number of carbonyl (C=O) groups is 1.